The first-order valence-corrected chi connectivity index (χ1v) is 7.35. The smallest absolute Gasteiger partial charge is 0.164 e. The fourth-order valence-electron chi connectivity index (χ4n) is 1.84. The topological polar surface area (TPSA) is 20.3 Å². The molecule has 0 atom stereocenters. The number of hydrogen-bond acceptors (Lipinski definition) is 3. The van der Waals surface area contributed by atoms with Crippen LogP contribution in [-0.4, -0.2) is 24.3 Å². The van der Waals surface area contributed by atoms with Gasteiger partial charge in [-0.25, -0.2) is 0 Å². The van der Waals surface area contributed by atoms with Gasteiger partial charge in [0, 0.05) is 30.0 Å². The molecule has 1 aromatic heterocycles. The van der Waals surface area contributed by atoms with Crippen LogP contribution < -0.4 is 0 Å². The molecular weight excluding hydrogens is 278 g/mol. The average molecular weight is 294 g/mol. The number of thiophene rings is 1. The van der Waals surface area contributed by atoms with E-state index in [4.69, 9.17) is 11.6 Å². The van der Waals surface area contributed by atoms with Crippen LogP contribution in [0.3, 0.4) is 0 Å². The second kappa shape index (κ2) is 6.85. The lowest BCUT2D eigenvalue weighted by Gasteiger charge is -2.14. The van der Waals surface area contributed by atoms with Gasteiger partial charge in [-0.15, -0.1) is 11.3 Å². The van der Waals surface area contributed by atoms with E-state index in [2.05, 4.69) is 4.90 Å². The van der Waals surface area contributed by atoms with E-state index in [0.29, 0.717) is 6.42 Å². The third kappa shape index (κ3) is 4.46. The standard InChI is InChI=1S/C15H16ClNOS/c1-17(11-13-7-8-15(16)19-13)10-9-14(18)12-5-3-2-4-6-12/h2-8H,9-11H2,1H3. The van der Waals surface area contributed by atoms with Gasteiger partial charge < -0.3 is 4.90 Å². The van der Waals surface area contributed by atoms with E-state index < -0.39 is 0 Å². The highest BCUT2D eigenvalue weighted by Crippen LogP contribution is 2.22. The Labute approximate surface area is 122 Å². The van der Waals surface area contributed by atoms with Crippen molar-refractivity contribution in [3.8, 4) is 0 Å². The SMILES string of the molecule is CN(CCC(=O)c1ccccc1)Cc1ccc(Cl)s1. The van der Waals surface area contributed by atoms with E-state index in [0.717, 1.165) is 23.0 Å². The van der Waals surface area contributed by atoms with Gasteiger partial charge >= 0.3 is 0 Å². The van der Waals surface area contributed by atoms with Crippen molar-refractivity contribution in [2.75, 3.05) is 13.6 Å². The first-order valence-electron chi connectivity index (χ1n) is 6.16. The van der Waals surface area contributed by atoms with E-state index in [1.807, 2.05) is 49.5 Å². The van der Waals surface area contributed by atoms with Crippen molar-refractivity contribution in [3.05, 3.63) is 57.2 Å². The molecule has 1 heterocycles. The zero-order chi connectivity index (χ0) is 13.7. The van der Waals surface area contributed by atoms with Crippen molar-refractivity contribution in [3.63, 3.8) is 0 Å². The van der Waals surface area contributed by atoms with Crippen LogP contribution in [-0.2, 0) is 6.54 Å². The van der Waals surface area contributed by atoms with Gasteiger partial charge in [0.05, 0.1) is 4.34 Å². The summed E-state index contributed by atoms with van der Waals surface area (Å²) in [6.07, 6.45) is 0.541. The van der Waals surface area contributed by atoms with E-state index in [1.165, 1.54) is 4.88 Å². The summed E-state index contributed by atoms with van der Waals surface area (Å²) in [6.45, 7) is 1.59. The highest BCUT2D eigenvalue weighted by atomic mass is 35.5. The normalized spacial score (nSPS) is 10.9. The third-order valence-electron chi connectivity index (χ3n) is 2.87. The largest absolute Gasteiger partial charge is 0.301 e. The number of ketones is 1. The van der Waals surface area contributed by atoms with Gasteiger partial charge in [-0.1, -0.05) is 41.9 Å². The first kappa shape index (κ1) is 14.3. The van der Waals surface area contributed by atoms with Crippen molar-refractivity contribution in [1.82, 2.24) is 4.90 Å². The number of nitrogens with zero attached hydrogens (tertiary/aromatic N) is 1. The fourth-order valence-corrected chi connectivity index (χ4v) is 3.01. The highest BCUT2D eigenvalue weighted by molar-refractivity contribution is 7.16. The number of carbonyl (C=O) groups excluding carboxylic acids is 1. The molecule has 100 valence electrons. The number of rotatable bonds is 6. The molecule has 0 N–H and O–H groups in total. The summed E-state index contributed by atoms with van der Waals surface area (Å²) in [7, 11) is 2.02. The molecule has 0 aliphatic carbocycles. The summed E-state index contributed by atoms with van der Waals surface area (Å²) >= 11 is 7.48. The van der Waals surface area contributed by atoms with E-state index in [9.17, 15) is 4.79 Å². The number of benzene rings is 1. The lowest BCUT2D eigenvalue weighted by molar-refractivity contribution is 0.0968. The molecule has 0 amide bonds. The van der Waals surface area contributed by atoms with E-state index in [-0.39, 0.29) is 5.78 Å². The van der Waals surface area contributed by atoms with Gasteiger partial charge in [-0.05, 0) is 19.2 Å². The number of Topliss-reactive ketones (excluding diaryl/α,β-unsaturated/α-hetero) is 1. The molecule has 0 saturated carbocycles. The maximum absolute atomic E-state index is 12.0. The molecule has 2 aromatic rings. The minimum Gasteiger partial charge on any atom is -0.301 e. The molecule has 0 radical (unpaired) electrons. The van der Waals surface area contributed by atoms with E-state index >= 15 is 0 Å². The quantitative estimate of drug-likeness (QED) is 0.747. The lowest BCUT2D eigenvalue weighted by Crippen LogP contribution is -2.21. The molecule has 2 rings (SSSR count). The van der Waals surface area contributed by atoms with Crippen molar-refractivity contribution >= 4 is 28.7 Å². The second-order valence-corrected chi connectivity index (χ2v) is 6.28. The van der Waals surface area contributed by atoms with Crippen molar-refractivity contribution in [2.45, 2.75) is 13.0 Å². The van der Waals surface area contributed by atoms with Crippen LogP contribution in [0.4, 0.5) is 0 Å². The van der Waals surface area contributed by atoms with Gasteiger partial charge in [0.25, 0.3) is 0 Å². The molecule has 19 heavy (non-hydrogen) atoms. The Bertz CT molecular complexity index is 538. The van der Waals surface area contributed by atoms with Crippen LogP contribution in [0.5, 0.6) is 0 Å². The molecule has 0 saturated heterocycles. The minimum absolute atomic E-state index is 0.191. The van der Waals surface area contributed by atoms with E-state index in [1.54, 1.807) is 11.3 Å². The molecule has 2 nitrogen and oxygen atoms in total. The van der Waals surface area contributed by atoms with Gasteiger partial charge in [0.1, 0.15) is 0 Å². The van der Waals surface area contributed by atoms with Gasteiger partial charge in [-0.3, -0.25) is 4.79 Å². The Hall–Kier alpha value is -1.16. The van der Waals surface area contributed by atoms with Gasteiger partial charge in [0.2, 0.25) is 0 Å². The molecule has 0 fully saturated rings. The Balaban J connectivity index is 1.80. The van der Waals surface area contributed by atoms with Crippen LogP contribution >= 0.6 is 22.9 Å². The summed E-state index contributed by atoms with van der Waals surface area (Å²) in [4.78, 5) is 15.3. The molecule has 4 heteroatoms. The van der Waals surface area contributed by atoms with Crippen LogP contribution in [0.1, 0.15) is 21.7 Å². The fraction of sp³-hybridized carbons (Fsp3) is 0.267. The molecule has 1 aromatic carbocycles. The molecule has 0 unspecified atom stereocenters. The minimum atomic E-state index is 0.191. The molecular formula is C15H16ClNOS. The zero-order valence-corrected chi connectivity index (χ0v) is 12.4. The number of hydrogen-bond donors (Lipinski definition) is 0. The summed E-state index contributed by atoms with van der Waals surface area (Å²) in [6, 6.07) is 13.4. The summed E-state index contributed by atoms with van der Waals surface area (Å²) < 4.78 is 0.809. The second-order valence-electron chi connectivity index (χ2n) is 4.48. The van der Waals surface area contributed by atoms with Crippen molar-refractivity contribution in [2.24, 2.45) is 0 Å². The number of carbonyl (C=O) groups is 1. The van der Waals surface area contributed by atoms with Gasteiger partial charge in [-0.2, -0.15) is 0 Å². The van der Waals surface area contributed by atoms with Crippen LogP contribution in [0.15, 0.2) is 42.5 Å². The predicted octanol–water partition coefficient (Wildman–Crippen LogP) is 4.11. The zero-order valence-electron chi connectivity index (χ0n) is 10.8. The number of halogens is 1. The Morgan fingerprint density at radius 1 is 1.21 bits per heavy atom. The van der Waals surface area contributed by atoms with Crippen molar-refractivity contribution in [1.29, 1.82) is 0 Å². The molecule has 0 aliphatic heterocycles. The molecule has 0 spiro atoms. The molecule has 0 bridgehead atoms. The Morgan fingerprint density at radius 3 is 2.58 bits per heavy atom. The van der Waals surface area contributed by atoms with Crippen molar-refractivity contribution < 1.29 is 4.79 Å². The Morgan fingerprint density at radius 2 is 1.95 bits per heavy atom. The predicted molar refractivity (Wildman–Crippen MR) is 81.1 cm³/mol. The Kier molecular flexibility index (Phi) is 5.14. The lowest BCUT2D eigenvalue weighted by atomic mass is 10.1. The van der Waals surface area contributed by atoms with Crippen LogP contribution in [0, 0.1) is 0 Å². The third-order valence-corrected chi connectivity index (χ3v) is 4.09. The maximum atomic E-state index is 12.0. The first-order chi connectivity index (χ1) is 9.15. The maximum Gasteiger partial charge on any atom is 0.164 e. The molecule has 0 aliphatic rings. The summed E-state index contributed by atoms with van der Waals surface area (Å²) in [5.41, 5.74) is 0.787. The van der Waals surface area contributed by atoms with Gasteiger partial charge in [0.15, 0.2) is 5.78 Å². The van der Waals surface area contributed by atoms with Crippen LogP contribution in [0.2, 0.25) is 4.34 Å². The summed E-state index contributed by atoms with van der Waals surface area (Å²) in [5.74, 6) is 0.191. The highest BCUT2D eigenvalue weighted by Gasteiger charge is 2.08. The van der Waals surface area contributed by atoms with Crippen LogP contribution in [0.25, 0.3) is 0 Å². The summed E-state index contributed by atoms with van der Waals surface area (Å²) in [5, 5.41) is 0. The monoisotopic (exact) mass is 293 g/mol. The average Bonchev–Trinajstić information content (AvgIpc) is 2.82.